The second kappa shape index (κ2) is 44.3. The van der Waals surface area contributed by atoms with Crippen LogP contribution in [0.25, 0.3) is 0 Å². The molecule has 2 rings (SSSR count). The molecule has 1 heterocycles. The van der Waals surface area contributed by atoms with Crippen molar-refractivity contribution in [2.45, 2.75) is 65.6 Å². The lowest BCUT2D eigenvalue weighted by molar-refractivity contribution is -0.144. The van der Waals surface area contributed by atoms with Crippen LogP contribution in [0, 0.1) is 5.41 Å². The number of aromatic nitrogens is 3. The topological polar surface area (TPSA) is 435 Å². The third-order valence-electron chi connectivity index (χ3n) is 11.2. The maximum Gasteiger partial charge on any atom is 0.406 e. The van der Waals surface area contributed by atoms with E-state index in [0.29, 0.717) is 49.5 Å². The molecule has 35 heteroatoms. The third kappa shape index (κ3) is 32.2. The number of nitrogens with zero attached hydrogens (tertiary/aromatic N) is 3. The lowest BCUT2D eigenvalue weighted by Crippen LogP contribution is -2.57. The summed E-state index contributed by atoms with van der Waals surface area (Å²) in [5.41, 5.74) is -2.87. The van der Waals surface area contributed by atoms with E-state index < -0.39 is 65.6 Å². The lowest BCUT2D eigenvalue weighted by Gasteiger charge is -2.32. The summed E-state index contributed by atoms with van der Waals surface area (Å²) < 4.78 is 48.9. The van der Waals surface area contributed by atoms with E-state index in [1.54, 1.807) is 25.1 Å². The zero-order valence-electron chi connectivity index (χ0n) is 49.3. The Morgan fingerprint density at radius 3 is 0.881 bits per heavy atom. The molecule has 84 heavy (non-hydrogen) atoms. The summed E-state index contributed by atoms with van der Waals surface area (Å²) in [6, 6.07) is 3.32. The molecule has 2 aromatic rings. The smallest absolute Gasteiger partial charge is 0.406 e. The molecule has 0 spiro atoms. The van der Waals surface area contributed by atoms with Gasteiger partial charge in [0.05, 0.1) is 19.8 Å². The standard InChI is InChI=1S/C18H27N3O9.C16H30N2O6.C15H27N9O6/c1-19-16(22)28-7-4-25-13-10-14(26-5-8-29-17(23)20-2)12-15(11-13)27-6-9-30-18(24)21-3;1-5-13(19)22-10-7-16(6-2,8-11-23-14(20)17-3)9-12-24-15(21)18-4;1-16-10(25)19-4-7-22-13(28)23(8-5-20-11(26)17-2)15(30)24(14(22)29)9-6-21-12(27)18-3/h10-12H,4-9H2,1-3H3,(H,19,22)(H,20,23)(H,21,24);5-12H2,1-4H3,(H,17,20)(H,18,21);4-9H2,1-3H3,(H2,16,19,25)(H2,17,20,26)(H2,18,21,27). The van der Waals surface area contributed by atoms with E-state index in [4.69, 9.17) is 42.6 Å². The fourth-order valence-electron chi connectivity index (χ4n) is 6.51. The predicted molar refractivity (Wildman–Crippen MR) is 299 cm³/mol. The number of hydrogen-bond donors (Lipinski definition) is 11. The monoisotopic (exact) mass is 1200 g/mol. The molecule has 0 aliphatic rings. The Balaban J connectivity index is 0.00000124. The van der Waals surface area contributed by atoms with Gasteiger partial charge >= 0.3 is 71.6 Å². The number of urea groups is 3. The number of hydrogen-bond acceptors (Lipinski definition) is 21. The average Bonchev–Trinajstić information content (AvgIpc) is 3.45. The van der Waals surface area contributed by atoms with Crippen LogP contribution in [0.2, 0.25) is 0 Å². The normalized spacial score (nSPS) is 10.1. The van der Waals surface area contributed by atoms with Gasteiger partial charge < -0.3 is 101 Å². The highest BCUT2D eigenvalue weighted by Crippen LogP contribution is 2.35. The van der Waals surface area contributed by atoms with Crippen LogP contribution in [0.3, 0.4) is 0 Å². The molecule has 0 atom stereocenters. The fourth-order valence-corrected chi connectivity index (χ4v) is 6.51. The molecule has 0 saturated carbocycles. The number of alkyl carbamates (subject to hydrolysis) is 5. The van der Waals surface area contributed by atoms with Gasteiger partial charge in [0, 0.05) is 120 Å². The van der Waals surface area contributed by atoms with Gasteiger partial charge in [-0.05, 0) is 24.7 Å². The summed E-state index contributed by atoms with van der Waals surface area (Å²) in [7, 11) is 11.6. The number of esters is 1. The van der Waals surface area contributed by atoms with Crippen LogP contribution < -0.4 is 89.8 Å². The highest BCUT2D eigenvalue weighted by atomic mass is 16.6. The van der Waals surface area contributed by atoms with Crippen molar-refractivity contribution < 1.29 is 85.8 Å². The summed E-state index contributed by atoms with van der Waals surface area (Å²) in [5.74, 6) is 0.968. The largest absolute Gasteiger partial charge is 0.490 e. The van der Waals surface area contributed by atoms with Crippen LogP contribution in [0.4, 0.5) is 38.4 Å². The van der Waals surface area contributed by atoms with Crippen molar-refractivity contribution in [1.29, 1.82) is 0 Å². The number of carbonyl (C=O) groups is 9. The van der Waals surface area contributed by atoms with E-state index in [9.17, 15) is 57.5 Å². The number of ether oxygens (including phenoxy) is 9. The van der Waals surface area contributed by atoms with Gasteiger partial charge in [-0.15, -0.1) is 0 Å². The number of nitrogens with one attached hydrogen (secondary N) is 11. The van der Waals surface area contributed by atoms with Crippen LogP contribution in [-0.2, 0) is 52.8 Å². The molecule has 0 aliphatic carbocycles. The van der Waals surface area contributed by atoms with E-state index in [1.165, 1.54) is 56.4 Å². The van der Waals surface area contributed by atoms with Crippen LogP contribution in [0.5, 0.6) is 17.2 Å². The zero-order valence-corrected chi connectivity index (χ0v) is 49.3. The van der Waals surface area contributed by atoms with E-state index in [2.05, 4.69) is 58.5 Å². The molecule has 11 amide bonds. The van der Waals surface area contributed by atoms with Gasteiger partial charge in [0.15, 0.2) is 0 Å². The van der Waals surface area contributed by atoms with Gasteiger partial charge in [0.1, 0.15) is 56.9 Å². The lowest BCUT2D eigenvalue weighted by atomic mass is 9.76. The van der Waals surface area contributed by atoms with Crippen molar-refractivity contribution >= 4 is 54.5 Å². The zero-order chi connectivity index (χ0) is 63.3. The quantitative estimate of drug-likeness (QED) is 0.0239. The van der Waals surface area contributed by atoms with Crippen LogP contribution in [0.15, 0.2) is 32.6 Å². The Morgan fingerprint density at radius 2 is 0.643 bits per heavy atom. The van der Waals surface area contributed by atoms with E-state index >= 15 is 0 Å². The van der Waals surface area contributed by atoms with Crippen molar-refractivity contribution in [3.8, 4) is 17.2 Å². The summed E-state index contributed by atoms with van der Waals surface area (Å²) in [6.45, 7) is 4.31. The SMILES string of the molecule is CCC(=O)OCCC(CC)(CCOC(=O)NC)CCOC(=O)NC.CNC(=O)NCCn1c(=O)n(CCNC(=O)NC)c(=O)n(CCNC(=O)NC)c1=O.CNC(=O)OCCOc1cc(OCCOC(=O)NC)cc(OCCOC(=O)NC)c1. The van der Waals surface area contributed by atoms with Crippen molar-refractivity contribution in [1.82, 2.24) is 72.2 Å². The first-order valence-corrected chi connectivity index (χ1v) is 26.4. The van der Waals surface area contributed by atoms with Gasteiger partial charge in [-0.25, -0.2) is 66.4 Å². The van der Waals surface area contributed by atoms with Gasteiger partial charge in [0.2, 0.25) is 0 Å². The molecule has 0 aliphatic heterocycles. The van der Waals surface area contributed by atoms with E-state index in [0.717, 1.165) is 20.1 Å². The summed E-state index contributed by atoms with van der Waals surface area (Å²) in [4.78, 5) is 139. The molecular formula is C49H84N14O21. The van der Waals surface area contributed by atoms with E-state index in [-0.39, 0.29) is 104 Å². The van der Waals surface area contributed by atoms with Crippen LogP contribution >= 0.6 is 0 Å². The second-order valence-electron chi connectivity index (χ2n) is 16.6. The molecule has 35 nitrogen and oxygen atoms in total. The number of amides is 11. The average molecular weight is 1210 g/mol. The highest BCUT2D eigenvalue weighted by Gasteiger charge is 2.29. The van der Waals surface area contributed by atoms with Crippen LogP contribution in [-0.4, -0.2) is 204 Å². The maximum absolute atomic E-state index is 12.7. The summed E-state index contributed by atoms with van der Waals surface area (Å²) >= 11 is 0. The molecule has 1 aromatic heterocycles. The Bertz CT molecular complexity index is 2230. The summed E-state index contributed by atoms with van der Waals surface area (Å²) in [6.07, 6.45) is 0.256. The number of rotatable bonds is 32. The minimum Gasteiger partial charge on any atom is -0.490 e. The minimum atomic E-state index is -0.877. The molecule has 0 radical (unpaired) electrons. The van der Waals surface area contributed by atoms with Crippen molar-refractivity contribution in [3.63, 3.8) is 0 Å². The molecule has 0 fully saturated rings. The van der Waals surface area contributed by atoms with Gasteiger partial charge in [-0.1, -0.05) is 20.3 Å². The molecule has 0 saturated heterocycles. The molecule has 476 valence electrons. The first-order valence-electron chi connectivity index (χ1n) is 26.4. The minimum absolute atomic E-state index is 0.0417. The number of benzene rings is 1. The predicted octanol–water partition coefficient (Wildman–Crippen LogP) is -0.932. The van der Waals surface area contributed by atoms with Crippen LogP contribution in [0.1, 0.15) is 46.0 Å². The number of carbonyl (C=O) groups excluding carboxylic acids is 9. The van der Waals surface area contributed by atoms with Crippen molar-refractivity contribution in [2.24, 2.45) is 5.41 Å². The molecule has 0 unspecified atom stereocenters. The Hall–Kier alpha value is -9.34. The van der Waals surface area contributed by atoms with Gasteiger partial charge in [0.25, 0.3) is 0 Å². The van der Waals surface area contributed by atoms with E-state index in [1.807, 2.05) is 6.92 Å². The van der Waals surface area contributed by atoms with Gasteiger partial charge in [-0.3, -0.25) is 4.79 Å². The Kier molecular flexibility index (Phi) is 39.4. The first kappa shape index (κ1) is 74.7. The molecular weight excluding hydrogens is 1120 g/mol. The summed E-state index contributed by atoms with van der Waals surface area (Å²) in [5, 5.41) is 26.1. The van der Waals surface area contributed by atoms with Gasteiger partial charge in [-0.2, -0.15) is 0 Å². The van der Waals surface area contributed by atoms with Crippen molar-refractivity contribution in [2.75, 3.05) is 135 Å². The third-order valence-corrected chi connectivity index (χ3v) is 11.2. The second-order valence-corrected chi connectivity index (χ2v) is 16.6. The molecule has 1 aromatic carbocycles. The Labute approximate surface area is 484 Å². The fraction of sp³-hybridized carbons (Fsp3) is 0.633. The molecule has 0 bridgehead atoms. The molecule has 11 N–H and O–H groups in total. The Morgan fingerprint density at radius 1 is 0.381 bits per heavy atom. The van der Waals surface area contributed by atoms with Crippen molar-refractivity contribution in [3.05, 3.63) is 49.7 Å². The maximum atomic E-state index is 12.7. The first-order chi connectivity index (χ1) is 40.2. The highest BCUT2D eigenvalue weighted by molar-refractivity contribution is 5.74.